The molecule has 2 atom stereocenters. The Morgan fingerprint density at radius 1 is 1.19 bits per heavy atom. The number of methoxy groups -OCH3 is 1. The van der Waals surface area contributed by atoms with Crippen molar-refractivity contribution in [3.63, 3.8) is 0 Å². The van der Waals surface area contributed by atoms with Crippen LogP contribution in [0, 0.1) is 5.82 Å². The summed E-state index contributed by atoms with van der Waals surface area (Å²) in [4.78, 5) is 12.5. The molecule has 0 aromatic heterocycles. The van der Waals surface area contributed by atoms with E-state index in [1.165, 1.54) is 12.1 Å². The third-order valence-electron chi connectivity index (χ3n) is 4.49. The smallest absolute Gasteiger partial charge is 0.238 e. The van der Waals surface area contributed by atoms with Gasteiger partial charge in [-0.15, -0.1) is 0 Å². The van der Waals surface area contributed by atoms with E-state index in [2.05, 4.69) is 16.2 Å². The Kier molecular flexibility index (Phi) is 6.26. The summed E-state index contributed by atoms with van der Waals surface area (Å²) in [6.07, 6.45) is 0.588. The molecule has 2 aromatic rings. The number of amides is 1. The Bertz CT molecular complexity index is 783. The van der Waals surface area contributed by atoms with Gasteiger partial charge in [0.15, 0.2) is 11.5 Å². The Balaban J connectivity index is 1.55. The average molecular weight is 373 g/mol. The van der Waals surface area contributed by atoms with Crippen molar-refractivity contribution in [3.05, 3.63) is 59.4 Å². The molecular weight excluding hydrogens is 349 g/mol. The lowest BCUT2D eigenvalue weighted by Gasteiger charge is -2.13. The molecule has 0 radical (unpaired) electrons. The number of carbonyl (C=O) groups is 1. The first-order valence-electron chi connectivity index (χ1n) is 8.94. The van der Waals surface area contributed by atoms with Crippen LogP contribution < -0.4 is 25.6 Å². The first-order valence-corrected chi connectivity index (χ1v) is 8.94. The first-order chi connectivity index (χ1) is 13.1. The number of nitrogens with one attached hydrogen (secondary N) is 3. The predicted octanol–water partition coefficient (Wildman–Crippen LogP) is 2.46. The number of hydrazine groups is 1. The van der Waals surface area contributed by atoms with Crippen LogP contribution in [0.4, 0.5) is 4.39 Å². The summed E-state index contributed by atoms with van der Waals surface area (Å²) in [5, 5.41) is 2.93. The average Bonchev–Trinajstić information content (AvgIpc) is 3.17. The van der Waals surface area contributed by atoms with Crippen molar-refractivity contribution < 1.29 is 18.7 Å². The molecule has 2 aromatic carbocycles. The molecule has 27 heavy (non-hydrogen) atoms. The van der Waals surface area contributed by atoms with E-state index in [1.807, 2.05) is 25.1 Å². The lowest BCUT2D eigenvalue weighted by molar-refractivity contribution is -0.123. The number of ether oxygens (including phenoxy) is 2. The molecule has 1 amide bonds. The van der Waals surface area contributed by atoms with E-state index in [1.54, 1.807) is 19.2 Å². The minimum Gasteiger partial charge on any atom is -0.493 e. The second-order valence-electron chi connectivity index (χ2n) is 6.32. The highest BCUT2D eigenvalue weighted by Gasteiger charge is 2.29. The number of halogens is 1. The molecule has 1 aliphatic rings. The normalized spacial score (nSPS) is 18.9. The van der Waals surface area contributed by atoms with Gasteiger partial charge in [0, 0.05) is 12.6 Å². The van der Waals surface area contributed by atoms with Crippen molar-refractivity contribution in [2.24, 2.45) is 0 Å². The minimum atomic E-state index is -0.357. The van der Waals surface area contributed by atoms with Gasteiger partial charge < -0.3 is 14.8 Å². The SMILES string of the molecule is CCOc1cc(CNC(=O)C2CC(c3ccc(F)cc3)NN2)ccc1OC. The van der Waals surface area contributed by atoms with E-state index in [-0.39, 0.29) is 23.8 Å². The number of carbonyl (C=O) groups excluding carboxylic acids is 1. The molecule has 144 valence electrons. The van der Waals surface area contributed by atoms with Crippen LogP contribution in [0.5, 0.6) is 11.5 Å². The second kappa shape index (κ2) is 8.83. The molecule has 7 heteroatoms. The van der Waals surface area contributed by atoms with Gasteiger partial charge in [0.2, 0.25) is 5.91 Å². The van der Waals surface area contributed by atoms with Crippen molar-refractivity contribution >= 4 is 5.91 Å². The van der Waals surface area contributed by atoms with Gasteiger partial charge in [-0.3, -0.25) is 4.79 Å². The van der Waals surface area contributed by atoms with Crippen LogP contribution in [0.25, 0.3) is 0 Å². The lowest BCUT2D eigenvalue weighted by atomic mass is 10.0. The molecule has 1 saturated heterocycles. The quantitative estimate of drug-likeness (QED) is 0.695. The minimum absolute atomic E-state index is 0.0353. The van der Waals surface area contributed by atoms with Gasteiger partial charge in [-0.1, -0.05) is 18.2 Å². The van der Waals surface area contributed by atoms with Crippen molar-refractivity contribution in [3.8, 4) is 11.5 Å². The van der Waals surface area contributed by atoms with E-state index < -0.39 is 0 Å². The van der Waals surface area contributed by atoms with Gasteiger partial charge in [0.25, 0.3) is 0 Å². The summed E-state index contributed by atoms with van der Waals surface area (Å²) in [5.41, 5.74) is 7.96. The van der Waals surface area contributed by atoms with Crippen molar-refractivity contribution in [1.82, 2.24) is 16.2 Å². The summed E-state index contributed by atoms with van der Waals surface area (Å²) in [5.74, 6) is 0.949. The van der Waals surface area contributed by atoms with Gasteiger partial charge in [-0.2, -0.15) is 0 Å². The molecule has 0 bridgehead atoms. The molecule has 3 rings (SSSR count). The maximum absolute atomic E-state index is 13.0. The highest BCUT2D eigenvalue weighted by atomic mass is 19.1. The van der Waals surface area contributed by atoms with E-state index in [4.69, 9.17) is 9.47 Å². The Morgan fingerprint density at radius 3 is 2.67 bits per heavy atom. The summed E-state index contributed by atoms with van der Waals surface area (Å²) in [7, 11) is 1.59. The fraction of sp³-hybridized carbons (Fsp3) is 0.350. The molecule has 3 N–H and O–H groups in total. The summed E-state index contributed by atoms with van der Waals surface area (Å²) >= 11 is 0. The Morgan fingerprint density at radius 2 is 1.96 bits per heavy atom. The monoisotopic (exact) mass is 373 g/mol. The fourth-order valence-corrected chi connectivity index (χ4v) is 3.05. The molecule has 1 heterocycles. The highest BCUT2D eigenvalue weighted by molar-refractivity contribution is 5.82. The molecule has 0 spiro atoms. The molecule has 0 aliphatic carbocycles. The van der Waals surface area contributed by atoms with E-state index in [0.29, 0.717) is 31.1 Å². The largest absolute Gasteiger partial charge is 0.493 e. The van der Waals surface area contributed by atoms with Crippen LogP contribution in [-0.2, 0) is 11.3 Å². The molecule has 1 fully saturated rings. The third kappa shape index (κ3) is 4.75. The van der Waals surface area contributed by atoms with E-state index in [9.17, 15) is 9.18 Å². The fourth-order valence-electron chi connectivity index (χ4n) is 3.05. The zero-order valence-corrected chi connectivity index (χ0v) is 15.4. The number of benzene rings is 2. The van der Waals surface area contributed by atoms with Gasteiger partial charge >= 0.3 is 0 Å². The van der Waals surface area contributed by atoms with Crippen LogP contribution in [0.1, 0.15) is 30.5 Å². The van der Waals surface area contributed by atoms with Crippen molar-refractivity contribution in [1.29, 1.82) is 0 Å². The molecular formula is C20H24FN3O3. The topological polar surface area (TPSA) is 71.6 Å². The Hall–Kier alpha value is -2.64. The van der Waals surface area contributed by atoms with Crippen LogP contribution in [-0.4, -0.2) is 25.7 Å². The molecule has 6 nitrogen and oxygen atoms in total. The van der Waals surface area contributed by atoms with E-state index in [0.717, 1.165) is 11.1 Å². The van der Waals surface area contributed by atoms with Crippen molar-refractivity contribution in [2.75, 3.05) is 13.7 Å². The van der Waals surface area contributed by atoms with Gasteiger partial charge in [0.05, 0.1) is 13.7 Å². The Labute approximate surface area is 158 Å². The summed E-state index contributed by atoms with van der Waals surface area (Å²) < 4.78 is 23.9. The maximum Gasteiger partial charge on any atom is 0.238 e. The second-order valence-corrected chi connectivity index (χ2v) is 6.32. The van der Waals surface area contributed by atoms with Gasteiger partial charge in [-0.25, -0.2) is 15.2 Å². The van der Waals surface area contributed by atoms with Crippen molar-refractivity contribution in [2.45, 2.75) is 32.0 Å². The summed E-state index contributed by atoms with van der Waals surface area (Å²) in [6.45, 7) is 2.83. The third-order valence-corrected chi connectivity index (χ3v) is 4.49. The lowest BCUT2D eigenvalue weighted by Crippen LogP contribution is -2.42. The highest BCUT2D eigenvalue weighted by Crippen LogP contribution is 2.28. The number of hydrogen-bond donors (Lipinski definition) is 3. The van der Waals surface area contributed by atoms with Crippen LogP contribution in [0.15, 0.2) is 42.5 Å². The predicted molar refractivity (Wildman–Crippen MR) is 99.8 cm³/mol. The van der Waals surface area contributed by atoms with Gasteiger partial charge in [-0.05, 0) is 48.7 Å². The maximum atomic E-state index is 13.0. The van der Waals surface area contributed by atoms with Gasteiger partial charge in [0.1, 0.15) is 11.9 Å². The number of hydrogen-bond acceptors (Lipinski definition) is 5. The molecule has 1 aliphatic heterocycles. The van der Waals surface area contributed by atoms with E-state index >= 15 is 0 Å². The zero-order chi connectivity index (χ0) is 19.2. The van der Waals surface area contributed by atoms with Crippen LogP contribution in [0.3, 0.4) is 0 Å². The zero-order valence-electron chi connectivity index (χ0n) is 15.4. The molecule has 2 unspecified atom stereocenters. The van der Waals surface area contributed by atoms with Crippen LogP contribution in [0.2, 0.25) is 0 Å². The standard InChI is InChI=1S/C20H24FN3O3/c1-3-27-19-10-13(4-9-18(19)26-2)12-22-20(25)17-11-16(23-24-17)14-5-7-15(21)8-6-14/h4-10,16-17,23-24H,3,11-12H2,1-2H3,(H,22,25). The summed E-state index contributed by atoms with van der Waals surface area (Å²) in [6, 6.07) is 11.5. The first kappa shape index (κ1) is 19.1. The number of rotatable bonds is 7. The molecule has 0 saturated carbocycles. The van der Waals surface area contributed by atoms with Crippen LogP contribution >= 0.6 is 0 Å².